The summed E-state index contributed by atoms with van der Waals surface area (Å²) in [5.74, 6) is -0.115. The highest BCUT2D eigenvalue weighted by Gasteiger charge is 2.48. The molecular weight excluding hydrogens is 281 g/mol. The zero-order valence-corrected chi connectivity index (χ0v) is 12.1. The minimum atomic E-state index is -5.53. The zero-order valence-electron chi connectivity index (χ0n) is 11.3. The average Bonchev–Trinajstić information content (AvgIpc) is 2.27. The van der Waals surface area contributed by atoms with Crippen LogP contribution in [0, 0.1) is 0 Å². The smallest absolute Gasteiger partial charge is 0.381 e. The first-order valence-corrected chi connectivity index (χ1v) is 7.85. The molecule has 0 radical (unpaired) electrons. The van der Waals surface area contributed by atoms with Crippen LogP contribution < -0.4 is 0 Å². The van der Waals surface area contributed by atoms with Crippen LogP contribution in [-0.2, 0) is 14.3 Å². The van der Waals surface area contributed by atoms with Gasteiger partial charge in [-0.2, -0.15) is 21.6 Å². The summed E-state index contributed by atoms with van der Waals surface area (Å²) in [5, 5.41) is 0. The van der Waals surface area contributed by atoms with Crippen LogP contribution in [0.2, 0.25) is 0 Å². The van der Waals surface area contributed by atoms with Gasteiger partial charge in [0.15, 0.2) is 0 Å². The molecule has 0 aromatic carbocycles. The highest BCUT2D eigenvalue weighted by molar-refractivity contribution is 7.87. The molecule has 0 unspecified atom stereocenters. The van der Waals surface area contributed by atoms with Crippen molar-refractivity contribution < 1.29 is 25.8 Å². The fourth-order valence-electron chi connectivity index (χ4n) is 1.45. The van der Waals surface area contributed by atoms with Gasteiger partial charge in [-0.3, -0.25) is 0 Å². The van der Waals surface area contributed by atoms with Crippen molar-refractivity contribution in [2.24, 2.45) is 0 Å². The molecule has 0 atom stereocenters. The number of alkyl halides is 3. The Hall–Kier alpha value is -0.720. The van der Waals surface area contributed by atoms with E-state index in [1.54, 1.807) is 6.92 Å². The summed E-state index contributed by atoms with van der Waals surface area (Å²) in [6.07, 6.45) is 6.58. The predicted molar refractivity (Wildman–Crippen MR) is 67.8 cm³/mol. The van der Waals surface area contributed by atoms with Gasteiger partial charge in [0, 0.05) is 6.42 Å². The minimum absolute atomic E-state index is 0.115. The van der Waals surface area contributed by atoms with Crippen LogP contribution in [0.1, 0.15) is 58.8 Å². The zero-order chi connectivity index (χ0) is 14.9. The van der Waals surface area contributed by atoms with Crippen LogP contribution in [0.15, 0.2) is 11.8 Å². The summed E-state index contributed by atoms with van der Waals surface area (Å²) in [5.41, 5.74) is -5.37. The number of allylic oxidation sites excluding steroid dienone is 2. The Balaban J connectivity index is 4.53. The summed E-state index contributed by atoms with van der Waals surface area (Å²) in [6, 6.07) is 0. The second kappa shape index (κ2) is 8.45. The van der Waals surface area contributed by atoms with Gasteiger partial charge < -0.3 is 4.18 Å². The van der Waals surface area contributed by atoms with E-state index in [0.717, 1.165) is 25.7 Å². The Labute approximate surface area is 113 Å². The lowest BCUT2D eigenvalue weighted by molar-refractivity contribution is -0.0523. The van der Waals surface area contributed by atoms with Gasteiger partial charge in [0.25, 0.3) is 0 Å². The Bertz CT molecular complexity index is 372. The van der Waals surface area contributed by atoms with Crippen LogP contribution in [0.4, 0.5) is 13.2 Å². The van der Waals surface area contributed by atoms with E-state index in [0.29, 0.717) is 12.8 Å². The van der Waals surface area contributed by atoms with E-state index in [2.05, 4.69) is 11.1 Å². The molecular formula is C12H21F3O3S. The number of hydrogen-bond acceptors (Lipinski definition) is 3. The van der Waals surface area contributed by atoms with E-state index in [-0.39, 0.29) is 12.2 Å². The maximum atomic E-state index is 12.2. The number of rotatable bonds is 9. The average molecular weight is 302 g/mol. The molecule has 0 saturated heterocycles. The highest BCUT2D eigenvalue weighted by atomic mass is 32.2. The third-order valence-corrected chi connectivity index (χ3v) is 3.43. The maximum absolute atomic E-state index is 12.2. The van der Waals surface area contributed by atoms with Gasteiger partial charge in [0.1, 0.15) is 5.76 Å². The molecule has 0 spiro atoms. The molecule has 0 rings (SSSR count). The molecule has 0 saturated carbocycles. The quantitative estimate of drug-likeness (QED) is 0.272. The lowest BCUT2D eigenvalue weighted by Gasteiger charge is -2.12. The first-order valence-electron chi connectivity index (χ1n) is 6.44. The minimum Gasteiger partial charge on any atom is -0.381 e. The SMILES string of the molecule is CCCCCC/C=C(\CCC)OS(=O)(=O)C(F)(F)F. The standard InChI is InChI=1S/C12H21F3O3S/c1-3-5-6-7-8-10-11(9-4-2)18-19(16,17)12(13,14)15/h10H,3-9H2,1-2H3/b11-10+. The van der Waals surface area contributed by atoms with Gasteiger partial charge in [0.05, 0.1) is 0 Å². The van der Waals surface area contributed by atoms with Gasteiger partial charge in [-0.25, -0.2) is 0 Å². The Morgan fingerprint density at radius 1 is 1.11 bits per heavy atom. The fraction of sp³-hybridized carbons (Fsp3) is 0.833. The maximum Gasteiger partial charge on any atom is 0.534 e. The van der Waals surface area contributed by atoms with E-state index in [4.69, 9.17) is 0 Å². The molecule has 0 bridgehead atoms. The summed E-state index contributed by atoms with van der Waals surface area (Å²) in [7, 11) is -5.53. The van der Waals surface area contributed by atoms with Gasteiger partial charge in [-0.1, -0.05) is 33.1 Å². The molecule has 0 heterocycles. The Kier molecular flexibility index (Phi) is 8.13. The van der Waals surface area contributed by atoms with Crippen LogP contribution in [0.3, 0.4) is 0 Å². The lowest BCUT2D eigenvalue weighted by Crippen LogP contribution is -2.25. The van der Waals surface area contributed by atoms with Crippen molar-refractivity contribution in [2.75, 3.05) is 0 Å². The van der Waals surface area contributed by atoms with Crippen LogP contribution >= 0.6 is 0 Å². The first kappa shape index (κ1) is 18.3. The van der Waals surface area contributed by atoms with Crippen molar-refractivity contribution in [3.8, 4) is 0 Å². The monoisotopic (exact) mass is 302 g/mol. The third kappa shape index (κ3) is 7.44. The second-order valence-electron chi connectivity index (χ2n) is 4.25. The second-order valence-corrected chi connectivity index (χ2v) is 5.79. The molecule has 0 aliphatic rings. The Morgan fingerprint density at radius 2 is 1.74 bits per heavy atom. The van der Waals surface area contributed by atoms with E-state index < -0.39 is 15.6 Å². The molecule has 19 heavy (non-hydrogen) atoms. The van der Waals surface area contributed by atoms with E-state index in [1.807, 2.05) is 0 Å². The molecule has 0 N–H and O–H groups in total. The summed E-state index contributed by atoms with van der Waals surface area (Å²) < 4.78 is 62.5. The van der Waals surface area contributed by atoms with Gasteiger partial charge in [-0.05, 0) is 25.3 Å². The van der Waals surface area contributed by atoms with Crippen molar-refractivity contribution in [1.82, 2.24) is 0 Å². The van der Waals surface area contributed by atoms with Crippen LogP contribution in [-0.4, -0.2) is 13.9 Å². The molecule has 114 valence electrons. The Morgan fingerprint density at radius 3 is 2.21 bits per heavy atom. The molecule has 0 fully saturated rings. The molecule has 0 aliphatic heterocycles. The molecule has 3 nitrogen and oxygen atoms in total. The first-order chi connectivity index (χ1) is 8.74. The van der Waals surface area contributed by atoms with E-state index in [9.17, 15) is 21.6 Å². The normalized spacial score (nSPS) is 13.6. The summed E-state index contributed by atoms with van der Waals surface area (Å²) in [4.78, 5) is 0. The van der Waals surface area contributed by atoms with Crippen LogP contribution in [0.5, 0.6) is 0 Å². The van der Waals surface area contributed by atoms with Crippen molar-refractivity contribution in [2.45, 2.75) is 64.3 Å². The van der Waals surface area contributed by atoms with Crippen molar-refractivity contribution in [3.63, 3.8) is 0 Å². The lowest BCUT2D eigenvalue weighted by atomic mass is 10.1. The topological polar surface area (TPSA) is 43.4 Å². The molecule has 0 aromatic heterocycles. The molecule has 0 amide bonds. The van der Waals surface area contributed by atoms with E-state index in [1.165, 1.54) is 6.08 Å². The van der Waals surface area contributed by atoms with Gasteiger partial charge >= 0.3 is 15.6 Å². The third-order valence-electron chi connectivity index (χ3n) is 2.43. The number of unbranched alkanes of at least 4 members (excludes halogenated alkanes) is 4. The molecule has 0 aliphatic carbocycles. The summed E-state index contributed by atoms with van der Waals surface area (Å²) in [6.45, 7) is 3.80. The summed E-state index contributed by atoms with van der Waals surface area (Å²) >= 11 is 0. The van der Waals surface area contributed by atoms with Gasteiger partial charge in [0.2, 0.25) is 0 Å². The van der Waals surface area contributed by atoms with E-state index >= 15 is 0 Å². The molecule has 0 aromatic rings. The van der Waals surface area contributed by atoms with Crippen LogP contribution in [0.25, 0.3) is 0 Å². The fourth-order valence-corrected chi connectivity index (χ4v) is 1.97. The largest absolute Gasteiger partial charge is 0.534 e. The van der Waals surface area contributed by atoms with Crippen molar-refractivity contribution in [1.29, 1.82) is 0 Å². The number of halogens is 3. The predicted octanol–water partition coefficient (Wildman–Crippen LogP) is 4.51. The highest BCUT2D eigenvalue weighted by Crippen LogP contribution is 2.27. The number of hydrogen-bond donors (Lipinski definition) is 0. The van der Waals surface area contributed by atoms with Gasteiger partial charge in [-0.15, -0.1) is 0 Å². The van der Waals surface area contributed by atoms with Crippen molar-refractivity contribution in [3.05, 3.63) is 11.8 Å². The molecule has 7 heteroatoms. The van der Waals surface area contributed by atoms with Crippen molar-refractivity contribution >= 4 is 10.1 Å².